The molecule has 1 aromatic heterocycles. The first-order chi connectivity index (χ1) is 6.79. The minimum Gasteiger partial charge on any atom is -0.329 e. The largest absolute Gasteiger partial charge is 0.329 e. The first kappa shape index (κ1) is 8.69. The number of H-pyrrole nitrogens is 1. The zero-order valence-electron chi connectivity index (χ0n) is 7.33. The van der Waals surface area contributed by atoms with Gasteiger partial charge >= 0.3 is 0 Å². The molecular formula is C11H8FNO. The number of rotatable bonds is 1. The van der Waals surface area contributed by atoms with Crippen molar-refractivity contribution in [1.29, 1.82) is 0 Å². The first-order valence-corrected chi connectivity index (χ1v) is 4.21. The molecule has 3 heteroatoms. The third-order valence-corrected chi connectivity index (χ3v) is 1.98. The molecule has 2 nitrogen and oxygen atoms in total. The Labute approximate surface area is 80.0 Å². The highest BCUT2D eigenvalue weighted by Gasteiger charge is 2.06. The van der Waals surface area contributed by atoms with Gasteiger partial charge in [-0.1, -0.05) is 18.2 Å². The number of pyridine rings is 1. The van der Waals surface area contributed by atoms with Gasteiger partial charge in [-0.3, -0.25) is 4.79 Å². The minimum absolute atomic E-state index is 0.280. The average molecular weight is 189 g/mol. The topological polar surface area (TPSA) is 32.9 Å². The lowest BCUT2D eigenvalue weighted by Crippen LogP contribution is -2.07. The summed E-state index contributed by atoms with van der Waals surface area (Å²) in [6.07, 6.45) is 1.52. The summed E-state index contributed by atoms with van der Waals surface area (Å²) < 4.78 is 13.3. The molecule has 0 amide bonds. The average Bonchev–Trinajstić information content (AvgIpc) is 2.20. The first-order valence-electron chi connectivity index (χ1n) is 4.21. The normalized spacial score (nSPS) is 10.1. The summed E-state index contributed by atoms with van der Waals surface area (Å²) in [4.78, 5) is 13.9. The van der Waals surface area contributed by atoms with Crippen molar-refractivity contribution < 1.29 is 4.39 Å². The number of nitrogens with one attached hydrogen (secondary N) is 1. The fourth-order valence-corrected chi connectivity index (χ4v) is 1.31. The van der Waals surface area contributed by atoms with Crippen molar-refractivity contribution in [3.8, 4) is 11.1 Å². The molecule has 0 fully saturated rings. The van der Waals surface area contributed by atoms with E-state index in [1.807, 2.05) is 0 Å². The maximum atomic E-state index is 13.3. The van der Waals surface area contributed by atoms with Gasteiger partial charge in [0.05, 0.1) is 0 Å². The predicted molar refractivity (Wildman–Crippen MR) is 52.5 cm³/mol. The third kappa shape index (κ3) is 1.44. The van der Waals surface area contributed by atoms with Crippen LogP contribution in [0.4, 0.5) is 4.39 Å². The Morgan fingerprint density at radius 3 is 2.43 bits per heavy atom. The number of hydrogen-bond donors (Lipinski definition) is 1. The van der Waals surface area contributed by atoms with Crippen LogP contribution in [-0.4, -0.2) is 4.98 Å². The number of hydrogen-bond acceptors (Lipinski definition) is 1. The van der Waals surface area contributed by atoms with Gasteiger partial charge in [-0.05, 0) is 18.2 Å². The smallest absolute Gasteiger partial charge is 0.255 e. The fourth-order valence-electron chi connectivity index (χ4n) is 1.31. The van der Waals surface area contributed by atoms with Crippen molar-refractivity contribution in [2.24, 2.45) is 0 Å². The molecule has 2 aromatic rings. The number of benzene rings is 1. The van der Waals surface area contributed by atoms with Crippen LogP contribution in [0.5, 0.6) is 0 Å². The van der Waals surface area contributed by atoms with E-state index in [0.717, 1.165) is 0 Å². The molecule has 1 aromatic carbocycles. The van der Waals surface area contributed by atoms with E-state index in [-0.39, 0.29) is 11.4 Å². The van der Waals surface area contributed by atoms with Crippen LogP contribution in [0.3, 0.4) is 0 Å². The lowest BCUT2D eigenvalue weighted by Gasteiger charge is -2.00. The highest BCUT2D eigenvalue weighted by molar-refractivity contribution is 5.62. The van der Waals surface area contributed by atoms with Gasteiger partial charge < -0.3 is 4.98 Å². The van der Waals surface area contributed by atoms with Crippen molar-refractivity contribution in [2.45, 2.75) is 0 Å². The summed E-state index contributed by atoms with van der Waals surface area (Å²) >= 11 is 0. The van der Waals surface area contributed by atoms with E-state index in [4.69, 9.17) is 0 Å². The second kappa shape index (κ2) is 3.46. The summed E-state index contributed by atoms with van der Waals surface area (Å²) in [7, 11) is 0. The number of aromatic amines is 1. The van der Waals surface area contributed by atoms with Gasteiger partial charge in [0.15, 0.2) is 0 Å². The van der Waals surface area contributed by atoms with E-state index in [1.165, 1.54) is 12.3 Å². The van der Waals surface area contributed by atoms with Crippen LogP contribution in [0, 0.1) is 5.82 Å². The zero-order chi connectivity index (χ0) is 9.97. The quantitative estimate of drug-likeness (QED) is 0.732. The Balaban J connectivity index is 2.67. The standard InChI is InChI=1S/C11H8FNO/c12-10-6-2-1-4-8(10)9-5-3-7-13-11(9)14/h1-7H,(H,13,14). The van der Waals surface area contributed by atoms with Gasteiger partial charge in [0.1, 0.15) is 5.82 Å². The van der Waals surface area contributed by atoms with Gasteiger partial charge in [0.25, 0.3) is 5.56 Å². The minimum atomic E-state index is -0.385. The van der Waals surface area contributed by atoms with Crippen molar-refractivity contribution in [1.82, 2.24) is 4.98 Å². The molecule has 70 valence electrons. The molecule has 0 aliphatic carbocycles. The molecule has 0 atom stereocenters. The molecule has 0 unspecified atom stereocenters. The van der Waals surface area contributed by atoms with Crippen LogP contribution in [0.15, 0.2) is 47.4 Å². The number of halogens is 1. The van der Waals surface area contributed by atoms with Crippen molar-refractivity contribution in [3.05, 3.63) is 58.8 Å². The van der Waals surface area contributed by atoms with Crippen LogP contribution < -0.4 is 5.56 Å². The second-order valence-corrected chi connectivity index (χ2v) is 2.89. The van der Waals surface area contributed by atoms with E-state index in [9.17, 15) is 9.18 Å². The molecule has 0 radical (unpaired) electrons. The molecule has 0 saturated carbocycles. The van der Waals surface area contributed by atoms with E-state index < -0.39 is 0 Å². The van der Waals surface area contributed by atoms with Crippen molar-refractivity contribution in [2.75, 3.05) is 0 Å². The summed E-state index contributed by atoms with van der Waals surface area (Å²) in [5.74, 6) is -0.385. The molecule has 0 aliphatic heterocycles. The Morgan fingerprint density at radius 1 is 1.00 bits per heavy atom. The highest BCUT2D eigenvalue weighted by Crippen LogP contribution is 2.17. The van der Waals surface area contributed by atoms with Crippen molar-refractivity contribution >= 4 is 0 Å². The van der Waals surface area contributed by atoms with E-state index in [0.29, 0.717) is 11.1 Å². The summed E-state index contributed by atoms with van der Waals surface area (Å²) in [5, 5.41) is 0. The monoisotopic (exact) mass is 189 g/mol. The zero-order valence-corrected chi connectivity index (χ0v) is 7.33. The van der Waals surface area contributed by atoms with E-state index in [1.54, 1.807) is 30.3 Å². The molecule has 0 saturated heterocycles. The predicted octanol–water partition coefficient (Wildman–Crippen LogP) is 2.18. The SMILES string of the molecule is O=c1[nH]cccc1-c1ccccc1F. The molecule has 2 rings (SSSR count). The molecule has 1 N–H and O–H groups in total. The molecule has 0 bridgehead atoms. The Morgan fingerprint density at radius 2 is 1.71 bits per heavy atom. The van der Waals surface area contributed by atoms with E-state index in [2.05, 4.69) is 4.98 Å². The maximum absolute atomic E-state index is 13.3. The molecule has 0 aliphatic rings. The highest BCUT2D eigenvalue weighted by atomic mass is 19.1. The van der Waals surface area contributed by atoms with Crippen LogP contribution in [-0.2, 0) is 0 Å². The molecule has 0 spiro atoms. The Hall–Kier alpha value is -1.90. The van der Waals surface area contributed by atoms with Crippen LogP contribution >= 0.6 is 0 Å². The summed E-state index contributed by atoms with van der Waals surface area (Å²) in [5.41, 5.74) is 0.401. The fraction of sp³-hybridized carbons (Fsp3) is 0. The second-order valence-electron chi connectivity index (χ2n) is 2.89. The van der Waals surface area contributed by atoms with Crippen molar-refractivity contribution in [3.63, 3.8) is 0 Å². The molecular weight excluding hydrogens is 181 g/mol. The van der Waals surface area contributed by atoms with Crippen LogP contribution in [0.1, 0.15) is 0 Å². The molecule has 1 heterocycles. The lowest BCUT2D eigenvalue weighted by molar-refractivity contribution is 0.631. The van der Waals surface area contributed by atoms with Gasteiger partial charge in [-0.15, -0.1) is 0 Å². The van der Waals surface area contributed by atoms with Crippen LogP contribution in [0.2, 0.25) is 0 Å². The third-order valence-electron chi connectivity index (χ3n) is 1.98. The van der Waals surface area contributed by atoms with E-state index >= 15 is 0 Å². The molecule has 14 heavy (non-hydrogen) atoms. The summed E-state index contributed by atoms with van der Waals surface area (Å²) in [6, 6.07) is 9.48. The van der Waals surface area contributed by atoms with Crippen LogP contribution in [0.25, 0.3) is 11.1 Å². The lowest BCUT2D eigenvalue weighted by atomic mass is 10.1. The van der Waals surface area contributed by atoms with Gasteiger partial charge in [-0.2, -0.15) is 0 Å². The van der Waals surface area contributed by atoms with Gasteiger partial charge in [0.2, 0.25) is 0 Å². The Bertz CT molecular complexity index is 504. The summed E-state index contributed by atoms with van der Waals surface area (Å²) in [6.45, 7) is 0. The van der Waals surface area contributed by atoms with Gasteiger partial charge in [0, 0.05) is 17.3 Å². The number of aromatic nitrogens is 1. The maximum Gasteiger partial charge on any atom is 0.255 e. The van der Waals surface area contributed by atoms with Gasteiger partial charge in [-0.25, -0.2) is 4.39 Å². The Kier molecular flexibility index (Phi) is 2.14.